The topological polar surface area (TPSA) is 54.1 Å². The molecule has 3 heterocycles. The lowest BCUT2D eigenvalue weighted by molar-refractivity contribution is 0.0957. The number of rotatable bonds is 4. The molecule has 1 aliphatic heterocycles. The number of aryl methyl sites for hydroxylation is 1. The van der Waals surface area contributed by atoms with Gasteiger partial charge in [-0.3, -0.25) is 4.79 Å². The Balaban J connectivity index is 1.42. The molecule has 0 spiro atoms. The number of carbonyl (C=O) groups is 1. The quantitative estimate of drug-likeness (QED) is 0.763. The molecule has 0 saturated carbocycles. The first-order chi connectivity index (χ1) is 11.7. The molecule has 0 bridgehead atoms. The summed E-state index contributed by atoms with van der Waals surface area (Å²) in [5.41, 5.74) is 4.78. The van der Waals surface area contributed by atoms with E-state index in [4.69, 9.17) is 4.74 Å². The molecular formula is C19H20N2O2S. The molecule has 1 amide bonds. The van der Waals surface area contributed by atoms with Crippen LogP contribution in [0.3, 0.4) is 0 Å². The van der Waals surface area contributed by atoms with Gasteiger partial charge < -0.3 is 15.0 Å². The third-order valence-electron chi connectivity index (χ3n) is 4.54. The molecule has 0 radical (unpaired) electrons. The van der Waals surface area contributed by atoms with E-state index in [2.05, 4.69) is 35.4 Å². The van der Waals surface area contributed by atoms with Gasteiger partial charge in [-0.05, 0) is 36.6 Å². The summed E-state index contributed by atoms with van der Waals surface area (Å²) in [5, 5.41) is 4.30. The van der Waals surface area contributed by atoms with Crippen molar-refractivity contribution in [1.82, 2.24) is 10.3 Å². The van der Waals surface area contributed by atoms with Gasteiger partial charge in [0.2, 0.25) is 0 Å². The third kappa shape index (κ3) is 2.85. The molecule has 2 N–H and O–H groups in total. The first-order valence-electron chi connectivity index (χ1n) is 8.26. The fraction of sp³-hybridized carbons (Fsp3) is 0.316. The Kier molecular flexibility index (Phi) is 4.12. The summed E-state index contributed by atoms with van der Waals surface area (Å²) in [6.07, 6.45) is 1.75. The maximum absolute atomic E-state index is 12.4. The highest BCUT2D eigenvalue weighted by molar-refractivity contribution is 7.14. The zero-order valence-electron chi connectivity index (χ0n) is 13.6. The summed E-state index contributed by atoms with van der Waals surface area (Å²) in [7, 11) is 0. The Bertz CT molecular complexity index is 871. The normalized spacial score (nSPS) is 13.9. The molecule has 4 nitrogen and oxygen atoms in total. The number of aromatic nitrogens is 1. The summed E-state index contributed by atoms with van der Waals surface area (Å²) in [6, 6.07) is 10.3. The van der Waals surface area contributed by atoms with Gasteiger partial charge in [0.05, 0.1) is 18.1 Å². The molecule has 3 aromatic rings. The molecule has 5 heteroatoms. The van der Waals surface area contributed by atoms with Crippen LogP contribution in [0.5, 0.6) is 0 Å². The van der Waals surface area contributed by atoms with Crippen molar-refractivity contribution in [3.8, 4) is 0 Å². The Hall–Kier alpha value is -2.11. The van der Waals surface area contributed by atoms with Crippen molar-refractivity contribution in [3.63, 3.8) is 0 Å². The predicted octanol–water partition coefficient (Wildman–Crippen LogP) is 3.58. The number of H-pyrrole nitrogens is 1. The van der Waals surface area contributed by atoms with Crippen molar-refractivity contribution < 1.29 is 9.53 Å². The minimum absolute atomic E-state index is 0.0203. The molecule has 4 rings (SSSR count). The van der Waals surface area contributed by atoms with Gasteiger partial charge in [-0.25, -0.2) is 0 Å². The highest BCUT2D eigenvalue weighted by Crippen LogP contribution is 2.27. The maximum atomic E-state index is 12.4. The molecule has 0 saturated heterocycles. The van der Waals surface area contributed by atoms with Gasteiger partial charge in [0, 0.05) is 34.4 Å². The van der Waals surface area contributed by atoms with E-state index >= 15 is 0 Å². The lowest BCUT2D eigenvalue weighted by Crippen LogP contribution is -2.25. The zero-order valence-corrected chi connectivity index (χ0v) is 14.5. The summed E-state index contributed by atoms with van der Waals surface area (Å²) in [5.74, 6) is 0.0203. The number of thiophene rings is 1. The van der Waals surface area contributed by atoms with Crippen LogP contribution >= 0.6 is 11.3 Å². The molecule has 0 unspecified atom stereocenters. The second-order valence-electron chi connectivity index (χ2n) is 6.14. The van der Waals surface area contributed by atoms with Crippen LogP contribution in [0, 0.1) is 6.92 Å². The first kappa shape index (κ1) is 15.4. The van der Waals surface area contributed by atoms with Crippen molar-refractivity contribution in [1.29, 1.82) is 0 Å². The summed E-state index contributed by atoms with van der Waals surface area (Å²) in [4.78, 5) is 17.9. The number of aromatic amines is 1. The summed E-state index contributed by atoms with van der Waals surface area (Å²) < 4.78 is 5.44. The average Bonchev–Trinajstić information content (AvgIpc) is 3.16. The number of ether oxygens (including phenoxy) is 1. The molecule has 1 aromatic carbocycles. The zero-order chi connectivity index (χ0) is 16.5. The molecule has 124 valence electrons. The lowest BCUT2D eigenvalue weighted by Gasteiger charge is -2.10. The summed E-state index contributed by atoms with van der Waals surface area (Å²) in [6.45, 7) is 4.12. The highest BCUT2D eigenvalue weighted by Gasteiger charge is 2.17. The SMILES string of the molecule is Cc1[nH]c2ccccc2c1CCNC(=O)c1cc2c(s1)CCOC2. The van der Waals surface area contributed by atoms with Gasteiger partial charge in [0.25, 0.3) is 5.91 Å². The number of amides is 1. The number of benzene rings is 1. The molecule has 24 heavy (non-hydrogen) atoms. The van der Waals surface area contributed by atoms with Crippen molar-refractivity contribution in [2.75, 3.05) is 13.2 Å². The molecular weight excluding hydrogens is 320 g/mol. The molecule has 2 aromatic heterocycles. The third-order valence-corrected chi connectivity index (χ3v) is 5.77. The number of hydrogen-bond donors (Lipinski definition) is 2. The minimum atomic E-state index is 0.0203. The van der Waals surface area contributed by atoms with Gasteiger partial charge >= 0.3 is 0 Å². The van der Waals surface area contributed by atoms with Crippen molar-refractivity contribution in [3.05, 3.63) is 56.9 Å². The van der Waals surface area contributed by atoms with Crippen LogP contribution in [0.15, 0.2) is 30.3 Å². The number of para-hydroxylation sites is 1. The van der Waals surface area contributed by atoms with E-state index in [9.17, 15) is 4.79 Å². The minimum Gasteiger partial charge on any atom is -0.376 e. The molecule has 0 aliphatic carbocycles. The van der Waals surface area contributed by atoms with E-state index in [-0.39, 0.29) is 5.91 Å². The second-order valence-corrected chi connectivity index (χ2v) is 7.28. The molecule has 0 atom stereocenters. The van der Waals surface area contributed by atoms with E-state index in [1.165, 1.54) is 27.1 Å². The van der Waals surface area contributed by atoms with Gasteiger partial charge in [0.15, 0.2) is 0 Å². The standard InChI is InChI=1S/C19H20N2O2S/c1-12-14(15-4-2-3-5-16(15)21-12)6-8-20-19(22)18-10-13-11-23-9-7-17(13)24-18/h2-5,10,21H,6-9,11H2,1H3,(H,20,22). The fourth-order valence-electron chi connectivity index (χ4n) is 3.30. The largest absolute Gasteiger partial charge is 0.376 e. The van der Waals surface area contributed by atoms with Gasteiger partial charge in [0.1, 0.15) is 0 Å². The van der Waals surface area contributed by atoms with Crippen LogP contribution in [0.1, 0.15) is 31.4 Å². The van der Waals surface area contributed by atoms with E-state index < -0.39 is 0 Å². The Morgan fingerprint density at radius 2 is 2.25 bits per heavy atom. The maximum Gasteiger partial charge on any atom is 0.261 e. The van der Waals surface area contributed by atoms with E-state index in [1.807, 2.05) is 12.1 Å². The first-order valence-corrected chi connectivity index (χ1v) is 9.08. The fourth-order valence-corrected chi connectivity index (χ4v) is 4.37. The second kappa shape index (κ2) is 6.42. The Morgan fingerprint density at radius 1 is 1.38 bits per heavy atom. The van der Waals surface area contributed by atoms with E-state index in [0.29, 0.717) is 13.2 Å². The van der Waals surface area contributed by atoms with Gasteiger partial charge in [-0.15, -0.1) is 11.3 Å². The van der Waals surface area contributed by atoms with Crippen LogP contribution in [-0.2, 0) is 24.2 Å². The summed E-state index contributed by atoms with van der Waals surface area (Å²) >= 11 is 1.60. The van der Waals surface area contributed by atoms with Crippen molar-refractivity contribution in [2.24, 2.45) is 0 Å². The van der Waals surface area contributed by atoms with E-state index in [1.54, 1.807) is 11.3 Å². The van der Waals surface area contributed by atoms with Gasteiger partial charge in [-0.2, -0.15) is 0 Å². The van der Waals surface area contributed by atoms with Crippen molar-refractivity contribution >= 4 is 28.1 Å². The van der Waals surface area contributed by atoms with Crippen LogP contribution in [0.2, 0.25) is 0 Å². The van der Waals surface area contributed by atoms with Crippen LogP contribution in [-0.4, -0.2) is 24.0 Å². The van der Waals surface area contributed by atoms with E-state index in [0.717, 1.165) is 29.8 Å². The molecule has 1 aliphatic rings. The van der Waals surface area contributed by atoms with Crippen LogP contribution < -0.4 is 5.32 Å². The Labute approximate surface area is 144 Å². The molecule has 0 fully saturated rings. The average molecular weight is 340 g/mol. The number of carbonyl (C=O) groups excluding carboxylic acids is 1. The number of hydrogen-bond acceptors (Lipinski definition) is 3. The highest BCUT2D eigenvalue weighted by atomic mass is 32.1. The lowest BCUT2D eigenvalue weighted by atomic mass is 10.1. The monoisotopic (exact) mass is 340 g/mol. The van der Waals surface area contributed by atoms with Crippen molar-refractivity contribution in [2.45, 2.75) is 26.4 Å². The number of nitrogens with one attached hydrogen (secondary N) is 2. The smallest absolute Gasteiger partial charge is 0.261 e. The number of fused-ring (bicyclic) bond motifs is 2. The Morgan fingerprint density at radius 3 is 3.12 bits per heavy atom. The van der Waals surface area contributed by atoms with Crippen LogP contribution in [0.4, 0.5) is 0 Å². The van der Waals surface area contributed by atoms with Gasteiger partial charge in [-0.1, -0.05) is 18.2 Å². The predicted molar refractivity (Wildman–Crippen MR) is 96.8 cm³/mol. The van der Waals surface area contributed by atoms with Crippen LogP contribution in [0.25, 0.3) is 10.9 Å².